The van der Waals surface area contributed by atoms with E-state index < -0.39 is 0 Å². The summed E-state index contributed by atoms with van der Waals surface area (Å²) in [4.78, 5) is 27.8. The monoisotopic (exact) mass is 550 g/mol. The topological polar surface area (TPSA) is 111 Å². The number of rotatable bonds is 14. The first-order chi connectivity index (χ1) is 18.7. The van der Waals surface area contributed by atoms with Crippen LogP contribution in [-0.2, 0) is 17.8 Å². The number of carbonyl (C=O) groups excluding carboxylic acids is 2. The maximum absolute atomic E-state index is 13.3. The van der Waals surface area contributed by atoms with Gasteiger partial charge in [-0.3, -0.25) is 9.59 Å². The first kappa shape index (κ1) is 30.0. The van der Waals surface area contributed by atoms with E-state index >= 15 is 0 Å². The molecule has 0 aromatic heterocycles. The zero-order valence-corrected chi connectivity index (χ0v) is 23.5. The van der Waals surface area contributed by atoms with E-state index in [1.807, 2.05) is 61.2 Å². The summed E-state index contributed by atoms with van der Waals surface area (Å²) in [5.74, 6) is 0.500. The number of aryl methyl sites for hydroxylation is 1. The number of halogens is 1. The van der Waals surface area contributed by atoms with Gasteiger partial charge in [-0.1, -0.05) is 61.8 Å². The molecule has 0 saturated carbocycles. The molecule has 3 aromatic carbocycles. The van der Waals surface area contributed by atoms with Crippen LogP contribution in [0.15, 0.2) is 72.8 Å². The summed E-state index contributed by atoms with van der Waals surface area (Å²) in [5, 5.41) is 3.52. The van der Waals surface area contributed by atoms with E-state index in [1.165, 1.54) is 0 Å². The Hall–Kier alpha value is -3.55. The lowest BCUT2D eigenvalue weighted by Gasteiger charge is -2.33. The number of nitrogen functional groups attached to an aromatic ring is 1. The molecule has 0 aliphatic carbocycles. The number of amides is 2. The smallest absolute Gasteiger partial charge is 0.251 e. The van der Waals surface area contributed by atoms with Crippen LogP contribution in [0.2, 0.25) is 5.02 Å². The molecule has 0 spiro atoms. The summed E-state index contributed by atoms with van der Waals surface area (Å²) >= 11 is 6.31. The van der Waals surface area contributed by atoms with Gasteiger partial charge >= 0.3 is 0 Å². The predicted molar refractivity (Wildman–Crippen MR) is 158 cm³/mol. The van der Waals surface area contributed by atoms with Crippen molar-refractivity contribution in [2.24, 2.45) is 11.1 Å². The Morgan fingerprint density at radius 3 is 2.38 bits per heavy atom. The van der Waals surface area contributed by atoms with Gasteiger partial charge in [0.15, 0.2) is 0 Å². The van der Waals surface area contributed by atoms with E-state index in [2.05, 4.69) is 5.32 Å². The summed E-state index contributed by atoms with van der Waals surface area (Å²) < 4.78 is 5.89. The summed E-state index contributed by atoms with van der Waals surface area (Å²) in [6.45, 7) is 6.36. The molecule has 0 aliphatic heterocycles. The van der Waals surface area contributed by atoms with E-state index in [9.17, 15) is 9.59 Å². The number of nitrogens with zero attached hydrogens (tertiary/aromatic N) is 1. The highest BCUT2D eigenvalue weighted by Gasteiger charge is 2.26. The third-order valence-electron chi connectivity index (χ3n) is 6.40. The van der Waals surface area contributed by atoms with Crippen LogP contribution in [0.3, 0.4) is 0 Å². The molecule has 208 valence electrons. The van der Waals surface area contributed by atoms with Crippen molar-refractivity contribution in [2.45, 2.75) is 39.7 Å². The van der Waals surface area contributed by atoms with Crippen LogP contribution in [0, 0.1) is 5.41 Å². The van der Waals surface area contributed by atoms with Gasteiger partial charge in [-0.25, -0.2) is 0 Å². The predicted octanol–water partition coefficient (Wildman–Crippen LogP) is 5.07. The first-order valence-corrected chi connectivity index (χ1v) is 13.6. The molecule has 0 unspecified atom stereocenters. The van der Waals surface area contributed by atoms with Crippen molar-refractivity contribution >= 4 is 29.1 Å². The average Bonchev–Trinajstić information content (AvgIpc) is 2.93. The number of benzene rings is 3. The summed E-state index contributed by atoms with van der Waals surface area (Å²) in [7, 11) is 0. The second kappa shape index (κ2) is 14.6. The van der Waals surface area contributed by atoms with E-state index in [0.29, 0.717) is 74.1 Å². The summed E-state index contributed by atoms with van der Waals surface area (Å²) in [6, 6.07) is 22.3. The standard InChI is InChI=1S/C31H39ClN4O3/c1-31(2,21-35-30(38)25-11-13-26(34)14-12-25)22-36(29(37)16-10-23-7-4-3-5-8-23)17-6-18-39-28-15-9-24(20-33)19-27(28)32/h3-5,7-9,11-15,19H,6,10,16-18,20-22,33-34H2,1-2H3,(H,35,38). The Morgan fingerprint density at radius 2 is 1.72 bits per heavy atom. The molecular weight excluding hydrogens is 512 g/mol. The molecule has 0 aliphatic rings. The van der Waals surface area contributed by atoms with E-state index in [1.54, 1.807) is 30.3 Å². The average molecular weight is 551 g/mol. The van der Waals surface area contributed by atoms with Crippen molar-refractivity contribution in [3.05, 3.63) is 94.5 Å². The van der Waals surface area contributed by atoms with Gasteiger partial charge in [0, 0.05) is 43.9 Å². The van der Waals surface area contributed by atoms with Gasteiger partial charge in [0.1, 0.15) is 5.75 Å². The number of nitrogens with two attached hydrogens (primary N) is 2. The minimum absolute atomic E-state index is 0.0714. The number of hydrogen-bond acceptors (Lipinski definition) is 5. The highest BCUT2D eigenvalue weighted by molar-refractivity contribution is 6.32. The van der Waals surface area contributed by atoms with Crippen LogP contribution in [0.5, 0.6) is 5.75 Å². The van der Waals surface area contributed by atoms with Crippen molar-refractivity contribution in [3.63, 3.8) is 0 Å². The second-order valence-corrected chi connectivity index (χ2v) is 10.8. The largest absolute Gasteiger partial charge is 0.492 e. The van der Waals surface area contributed by atoms with Crippen LogP contribution in [0.25, 0.3) is 0 Å². The summed E-state index contributed by atoms with van der Waals surface area (Å²) in [5.41, 5.74) is 14.3. The maximum Gasteiger partial charge on any atom is 0.251 e. The quantitative estimate of drug-likeness (QED) is 0.192. The third kappa shape index (κ3) is 9.93. The molecule has 2 amide bonds. The van der Waals surface area contributed by atoms with Crippen LogP contribution in [-0.4, -0.2) is 43.0 Å². The fourth-order valence-electron chi connectivity index (χ4n) is 4.20. The van der Waals surface area contributed by atoms with Crippen molar-refractivity contribution < 1.29 is 14.3 Å². The molecule has 0 bridgehead atoms. The fourth-order valence-corrected chi connectivity index (χ4v) is 4.46. The SMILES string of the molecule is CC(C)(CNC(=O)c1ccc(N)cc1)CN(CCCOc1ccc(CN)cc1Cl)C(=O)CCc1ccccc1. The number of carbonyl (C=O) groups is 2. The van der Waals surface area contributed by atoms with E-state index in [-0.39, 0.29) is 17.2 Å². The molecule has 8 heteroatoms. The number of anilines is 1. The molecule has 7 nitrogen and oxygen atoms in total. The molecule has 0 heterocycles. The van der Waals surface area contributed by atoms with Crippen molar-refractivity contribution in [3.8, 4) is 5.75 Å². The molecule has 3 rings (SSSR count). The Labute approximate surface area is 236 Å². The molecule has 0 radical (unpaired) electrons. The van der Waals surface area contributed by atoms with Crippen molar-refractivity contribution in [1.82, 2.24) is 10.2 Å². The van der Waals surface area contributed by atoms with Gasteiger partial charge in [0.2, 0.25) is 5.91 Å². The van der Waals surface area contributed by atoms with Gasteiger partial charge in [-0.15, -0.1) is 0 Å². The molecule has 0 fully saturated rings. The maximum atomic E-state index is 13.3. The number of nitrogens with one attached hydrogen (secondary N) is 1. The van der Waals surface area contributed by atoms with Crippen LogP contribution in [0.1, 0.15) is 48.2 Å². The fraction of sp³-hybridized carbons (Fsp3) is 0.355. The minimum atomic E-state index is -0.353. The van der Waals surface area contributed by atoms with Gasteiger partial charge < -0.3 is 26.4 Å². The lowest BCUT2D eigenvalue weighted by atomic mass is 9.92. The zero-order valence-electron chi connectivity index (χ0n) is 22.8. The van der Waals surface area contributed by atoms with Crippen molar-refractivity contribution in [2.75, 3.05) is 32.0 Å². The molecule has 0 saturated heterocycles. The highest BCUT2D eigenvalue weighted by Crippen LogP contribution is 2.25. The Balaban J connectivity index is 1.59. The minimum Gasteiger partial charge on any atom is -0.492 e. The van der Waals surface area contributed by atoms with Crippen LogP contribution < -0.4 is 21.5 Å². The van der Waals surface area contributed by atoms with Gasteiger partial charge in [0.25, 0.3) is 5.91 Å². The molecule has 3 aromatic rings. The molecular formula is C31H39ClN4O3. The first-order valence-electron chi connectivity index (χ1n) is 13.2. The Bertz CT molecular complexity index is 1220. The van der Waals surface area contributed by atoms with Gasteiger partial charge in [-0.2, -0.15) is 0 Å². The second-order valence-electron chi connectivity index (χ2n) is 10.4. The van der Waals surface area contributed by atoms with Gasteiger partial charge in [0.05, 0.1) is 11.6 Å². The molecule has 0 atom stereocenters. The van der Waals surface area contributed by atoms with Crippen molar-refractivity contribution in [1.29, 1.82) is 0 Å². The molecule has 39 heavy (non-hydrogen) atoms. The van der Waals surface area contributed by atoms with Crippen LogP contribution in [0.4, 0.5) is 5.69 Å². The zero-order chi connectivity index (χ0) is 28.3. The Kier molecular flexibility index (Phi) is 11.2. The number of hydrogen-bond donors (Lipinski definition) is 3. The van der Waals surface area contributed by atoms with E-state index in [4.69, 9.17) is 27.8 Å². The Morgan fingerprint density at radius 1 is 1.00 bits per heavy atom. The lowest BCUT2D eigenvalue weighted by Crippen LogP contribution is -2.45. The normalized spacial score (nSPS) is 11.2. The van der Waals surface area contributed by atoms with E-state index in [0.717, 1.165) is 11.1 Å². The molecule has 5 N–H and O–H groups in total. The highest BCUT2D eigenvalue weighted by atomic mass is 35.5. The lowest BCUT2D eigenvalue weighted by molar-refractivity contribution is -0.132. The third-order valence-corrected chi connectivity index (χ3v) is 6.70. The van der Waals surface area contributed by atoms with Crippen LogP contribution >= 0.6 is 11.6 Å². The summed E-state index contributed by atoms with van der Waals surface area (Å²) in [6.07, 6.45) is 1.72. The van der Waals surface area contributed by atoms with Gasteiger partial charge in [-0.05, 0) is 65.8 Å². The number of ether oxygens (including phenoxy) is 1.